The second kappa shape index (κ2) is 6.47. The maximum Gasteiger partial charge on any atom is 0.221 e. The number of ether oxygens (including phenoxy) is 1. The lowest BCUT2D eigenvalue weighted by molar-refractivity contribution is -0.480. The number of benzene rings is 1. The van der Waals surface area contributed by atoms with Crippen LogP contribution in [0.3, 0.4) is 0 Å². The summed E-state index contributed by atoms with van der Waals surface area (Å²) in [5.74, 6) is 0.426. The molecule has 1 amide bonds. The van der Waals surface area contributed by atoms with E-state index in [1.54, 1.807) is 24.3 Å². The highest BCUT2D eigenvalue weighted by Gasteiger charge is 2.00. The van der Waals surface area contributed by atoms with Gasteiger partial charge in [-0.1, -0.05) is 6.07 Å². The second-order valence-electron chi connectivity index (χ2n) is 3.47. The van der Waals surface area contributed by atoms with Gasteiger partial charge in [0.2, 0.25) is 12.5 Å². The number of amides is 1. The summed E-state index contributed by atoms with van der Waals surface area (Å²) in [4.78, 5) is 20.5. The fourth-order valence-electron chi connectivity index (χ4n) is 1.25. The van der Waals surface area contributed by atoms with Crippen molar-refractivity contribution in [1.29, 1.82) is 0 Å². The van der Waals surface area contributed by atoms with Crippen LogP contribution in [0.15, 0.2) is 24.3 Å². The molecular weight excluding hydrogens is 224 g/mol. The van der Waals surface area contributed by atoms with Crippen molar-refractivity contribution in [2.45, 2.75) is 13.3 Å². The third-order valence-corrected chi connectivity index (χ3v) is 1.91. The van der Waals surface area contributed by atoms with Gasteiger partial charge in [0.05, 0.1) is 6.61 Å². The molecule has 1 aromatic carbocycles. The first-order valence-corrected chi connectivity index (χ1v) is 5.20. The highest BCUT2D eigenvalue weighted by atomic mass is 16.6. The van der Waals surface area contributed by atoms with Gasteiger partial charge in [-0.25, -0.2) is 0 Å². The molecule has 0 unspecified atom stereocenters. The third-order valence-electron chi connectivity index (χ3n) is 1.91. The van der Waals surface area contributed by atoms with Crippen molar-refractivity contribution in [3.8, 4) is 5.75 Å². The standard InChI is InChI=1S/C11H14N2O4/c1-9(14)12-10-4-2-5-11(8-10)17-7-3-6-13(15)16/h2,4-5,8H,3,6-7H2,1H3,(H,12,14). The van der Waals surface area contributed by atoms with Crippen molar-refractivity contribution in [2.75, 3.05) is 18.5 Å². The first kappa shape index (κ1) is 13.0. The van der Waals surface area contributed by atoms with Crippen molar-refractivity contribution >= 4 is 11.6 Å². The first-order valence-electron chi connectivity index (χ1n) is 5.20. The fourth-order valence-corrected chi connectivity index (χ4v) is 1.25. The number of nitro groups is 1. The summed E-state index contributed by atoms with van der Waals surface area (Å²) in [6.07, 6.45) is 0.358. The molecule has 1 N–H and O–H groups in total. The SMILES string of the molecule is CC(=O)Nc1cccc(OCCC[N+](=O)[O-])c1. The van der Waals surface area contributed by atoms with Crippen LogP contribution < -0.4 is 10.1 Å². The average Bonchev–Trinajstić information content (AvgIpc) is 2.24. The Kier molecular flexibility index (Phi) is 4.93. The van der Waals surface area contributed by atoms with Gasteiger partial charge in [-0.2, -0.15) is 0 Å². The van der Waals surface area contributed by atoms with Gasteiger partial charge in [-0.3, -0.25) is 14.9 Å². The summed E-state index contributed by atoms with van der Waals surface area (Å²) in [5, 5.41) is 12.7. The molecular formula is C11H14N2O4. The van der Waals surface area contributed by atoms with Crippen molar-refractivity contribution < 1.29 is 14.5 Å². The molecule has 6 heteroatoms. The summed E-state index contributed by atoms with van der Waals surface area (Å²) in [7, 11) is 0. The Hall–Kier alpha value is -2.11. The van der Waals surface area contributed by atoms with Gasteiger partial charge in [0.15, 0.2) is 0 Å². The van der Waals surface area contributed by atoms with Gasteiger partial charge < -0.3 is 10.1 Å². The molecule has 0 radical (unpaired) electrons. The minimum atomic E-state index is -0.378. The van der Waals surface area contributed by atoms with Gasteiger partial charge in [0.25, 0.3) is 0 Å². The second-order valence-corrected chi connectivity index (χ2v) is 3.47. The number of nitrogens with zero attached hydrogens (tertiary/aromatic N) is 1. The maximum atomic E-state index is 10.8. The van der Waals surface area contributed by atoms with Crippen molar-refractivity contribution in [3.05, 3.63) is 34.4 Å². The van der Waals surface area contributed by atoms with Gasteiger partial charge >= 0.3 is 0 Å². The zero-order valence-corrected chi connectivity index (χ0v) is 9.51. The molecule has 0 bridgehead atoms. The van der Waals surface area contributed by atoms with E-state index < -0.39 is 0 Å². The van der Waals surface area contributed by atoms with Gasteiger partial charge in [0, 0.05) is 30.0 Å². The molecule has 0 aromatic heterocycles. The fraction of sp³-hybridized carbons (Fsp3) is 0.364. The molecule has 0 saturated heterocycles. The van der Waals surface area contributed by atoms with Crippen LogP contribution in [0.1, 0.15) is 13.3 Å². The van der Waals surface area contributed by atoms with E-state index in [9.17, 15) is 14.9 Å². The van der Waals surface area contributed by atoms with E-state index in [1.807, 2.05) is 0 Å². The molecule has 0 saturated carbocycles. The topological polar surface area (TPSA) is 81.5 Å². The monoisotopic (exact) mass is 238 g/mol. The van der Waals surface area contributed by atoms with E-state index in [1.165, 1.54) is 6.92 Å². The maximum absolute atomic E-state index is 10.8. The minimum absolute atomic E-state index is 0.106. The zero-order valence-electron chi connectivity index (χ0n) is 9.51. The molecule has 0 heterocycles. The number of anilines is 1. The highest BCUT2D eigenvalue weighted by Crippen LogP contribution is 2.17. The van der Waals surface area contributed by atoms with Crippen LogP contribution in [-0.4, -0.2) is 24.0 Å². The van der Waals surface area contributed by atoms with E-state index in [-0.39, 0.29) is 24.0 Å². The Labute approximate surface area is 98.7 Å². The van der Waals surface area contributed by atoms with E-state index in [0.29, 0.717) is 17.9 Å². The van der Waals surface area contributed by atoms with Crippen molar-refractivity contribution in [2.24, 2.45) is 0 Å². The molecule has 0 fully saturated rings. The Morgan fingerprint density at radius 3 is 2.94 bits per heavy atom. The van der Waals surface area contributed by atoms with E-state index in [4.69, 9.17) is 4.74 Å². The Morgan fingerprint density at radius 1 is 1.53 bits per heavy atom. The summed E-state index contributed by atoms with van der Waals surface area (Å²) in [5.41, 5.74) is 0.643. The number of carbonyl (C=O) groups is 1. The highest BCUT2D eigenvalue weighted by molar-refractivity contribution is 5.88. The summed E-state index contributed by atoms with van der Waals surface area (Å²) in [6.45, 7) is 1.60. The van der Waals surface area contributed by atoms with Crippen LogP contribution in [0.4, 0.5) is 5.69 Å². The van der Waals surface area contributed by atoms with Gasteiger partial charge in [-0.05, 0) is 12.1 Å². The van der Waals surface area contributed by atoms with Crippen molar-refractivity contribution in [3.63, 3.8) is 0 Å². The quantitative estimate of drug-likeness (QED) is 0.464. The lowest BCUT2D eigenvalue weighted by Crippen LogP contribution is -2.08. The average molecular weight is 238 g/mol. The van der Waals surface area contributed by atoms with Gasteiger partial charge in [0.1, 0.15) is 5.75 Å². The van der Waals surface area contributed by atoms with Crippen LogP contribution in [0.25, 0.3) is 0 Å². The van der Waals surface area contributed by atoms with Crippen LogP contribution in [0, 0.1) is 10.1 Å². The summed E-state index contributed by atoms with van der Waals surface area (Å²) >= 11 is 0. The predicted molar refractivity (Wildman–Crippen MR) is 62.7 cm³/mol. The lowest BCUT2D eigenvalue weighted by atomic mass is 10.3. The van der Waals surface area contributed by atoms with E-state index >= 15 is 0 Å². The lowest BCUT2D eigenvalue weighted by Gasteiger charge is -2.07. The number of hydrogen-bond donors (Lipinski definition) is 1. The molecule has 1 rings (SSSR count). The van der Waals surface area contributed by atoms with Crippen LogP contribution in [-0.2, 0) is 4.79 Å². The smallest absolute Gasteiger partial charge is 0.221 e. The summed E-state index contributed by atoms with van der Waals surface area (Å²) in [6, 6.07) is 6.89. The zero-order chi connectivity index (χ0) is 12.7. The largest absolute Gasteiger partial charge is 0.493 e. The van der Waals surface area contributed by atoms with E-state index in [2.05, 4.69) is 5.32 Å². The van der Waals surface area contributed by atoms with Crippen LogP contribution in [0.5, 0.6) is 5.75 Å². The number of nitrogens with one attached hydrogen (secondary N) is 1. The Morgan fingerprint density at radius 2 is 2.29 bits per heavy atom. The van der Waals surface area contributed by atoms with E-state index in [0.717, 1.165) is 0 Å². The molecule has 0 aliphatic carbocycles. The number of hydrogen-bond acceptors (Lipinski definition) is 4. The van der Waals surface area contributed by atoms with Crippen LogP contribution in [0.2, 0.25) is 0 Å². The Balaban J connectivity index is 2.42. The molecule has 1 aromatic rings. The molecule has 92 valence electrons. The summed E-state index contributed by atoms with van der Waals surface area (Å²) < 4.78 is 5.32. The Bertz CT molecular complexity index is 406. The number of rotatable bonds is 6. The predicted octanol–water partition coefficient (Wildman–Crippen LogP) is 1.69. The molecule has 17 heavy (non-hydrogen) atoms. The van der Waals surface area contributed by atoms with Crippen molar-refractivity contribution in [1.82, 2.24) is 0 Å². The number of carbonyl (C=O) groups excluding carboxylic acids is 1. The first-order chi connectivity index (χ1) is 8.08. The van der Waals surface area contributed by atoms with Crippen LogP contribution >= 0.6 is 0 Å². The van der Waals surface area contributed by atoms with Gasteiger partial charge in [-0.15, -0.1) is 0 Å². The third kappa shape index (κ3) is 5.50. The normalized spacial score (nSPS) is 9.71. The molecule has 0 atom stereocenters. The molecule has 6 nitrogen and oxygen atoms in total. The minimum Gasteiger partial charge on any atom is -0.493 e. The molecule has 0 aliphatic heterocycles. The molecule has 0 spiro atoms. The molecule has 0 aliphatic rings.